The van der Waals surface area contributed by atoms with Crippen molar-refractivity contribution in [2.45, 2.75) is 31.1 Å². The molecule has 1 aromatic rings. The zero-order chi connectivity index (χ0) is 11.8. The summed E-state index contributed by atoms with van der Waals surface area (Å²) >= 11 is 0. The summed E-state index contributed by atoms with van der Waals surface area (Å²) in [7, 11) is 0. The molecule has 0 saturated heterocycles. The molecule has 0 aromatic heterocycles. The van der Waals surface area contributed by atoms with Crippen LogP contribution in [0.15, 0.2) is 12.1 Å². The maximum absolute atomic E-state index is 13.4. The normalized spacial score (nSPS) is 18.9. The van der Waals surface area contributed by atoms with Crippen molar-refractivity contribution in [3.63, 3.8) is 0 Å². The summed E-state index contributed by atoms with van der Waals surface area (Å²) in [5, 5.41) is 18.9. The molecular weight excluding hydrogens is 209 g/mol. The molecule has 1 saturated carbocycles. The first kappa shape index (κ1) is 11.2. The van der Waals surface area contributed by atoms with Gasteiger partial charge in [0.1, 0.15) is 0 Å². The van der Waals surface area contributed by atoms with Crippen molar-refractivity contribution in [3.8, 4) is 11.5 Å². The Bertz CT molecular complexity index is 400. The second-order valence-electron chi connectivity index (χ2n) is 4.49. The number of rotatable bonds is 2. The molecule has 1 aromatic carbocycles. The summed E-state index contributed by atoms with van der Waals surface area (Å²) in [6.07, 6.45) is 3.81. The second-order valence-corrected chi connectivity index (χ2v) is 4.49. The molecule has 0 radical (unpaired) electrons. The lowest BCUT2D eigenvalue weighted by Crippen LogP contribution is -2.32. The smallest absolute Gasteiger partial charge is 0.206 e. The first-order valence-corrected chi connectivity index (χ1v) is 5.52. The molecular formula is C12H16FNO2. The topological polar surface area (TPSA) is 66.5 Å². The molecule has 4 heteroatoms. The minimum Gasteiger partial charge on any atom is -0.505 e. The Labute approximate surface area is 93.7 Å². The minimum atomic E-state index is -0.947. The first-order valence-electron chi connectivity index (χ1n) is 5.52. The van der Waals surface area contributed by atoms with Gasteiger partial charge in [-0.1, -0.05) is 18.9 Å². The van der Waals surface area contributed by atoms with E-state index in [4.69, 9.17) is 10.8 Å². The fourth-order valence-electron chi connectivity index (χ4n) is 2.62. The van der Waals surface area contributed by atoms with E-state index >= 15 is 0 Å². The van der Waals surface area contributed by atoms with Gasteiger partial charge in [0.2, 0.25) is 5.82 Å². The van der Waals surface area contributed by atoms with Crippen molar-refractivity contribution in [1.29, 1.82) is 0 Å². The fraction of sp³-hybridized carbons (Fsp3) is 0.500. The van der Waals surface area contributed by atoms with Crippen LogP contribution in [0.3, 0.4) is 0 Å². The van der Waals surface area contributed by atoms with Gasteiger partial charge in [-0.05, 0) is 18.9 Å². The van der Waals surface area contributed by atoms with Gasteiger partial charge < -0.3 is 15.9 Å². The standard InChI is InChI=1S/C12H16FNO2/c13-10-9(15)4-3-8(11(10)16)12(7-14)5-1-2-6-12/h3-4,15-16H,1-2,5-7,14H2. The van der Waals surface area contributed by atoms with Gasteiger partial charge in [0.25, 0.3) is 0 Å². The highest BCUT2D eigenvalue weighted by Crippen LogP contribution is 2.45. The van der Waals surface area contributed by atoms with Gasteiger partial charge in [0.05, 0.1) is 0 Å². The van der Waals surface area contributed by atoms with Crippen LogP contribution in [0.5, 0.6) is 11.5 Å². The fourth-order valence-corrected chi connectivity index (χ4v) is 2.62. The number of aromatic hydroxyl groups is 2. The van der Waals surface area contributed by atoms with Crippen LogP contribution in [-0.4, -0.2) is 16.8 Å². The second kappa shape index (κ2) is 3.94. The van der Waals surface area contributed by atoms with Gasteiger partial charge in [-0.15, -0.1) is 0 Å². The average molecular weight is 225 g/mol. The minimum absolute atomic E-state index is 0.321. The number of halogens is 1. The van der Waals surface area contributed by atoms with Crippen molar-refractivity contribution in [2.24, 2.45) is 5.73 Å². The lowest BCUT2D eigenvalue weighted by molar-refractivity contribution is 0.362. The van der Waals surface area contributed by atoms with E-state index in [1.807, 2.05) is 0 Å². The maximum Gasteiger partial charge on any atom is 0.206 e. The Morgan fingerprint density at radius 3 is 2.44 bits per heavy atom. The molecule has 0 atom stereocenters. The summed E-state index contributed by atoms with van der Waals surface area (Å²) in [5.74, 6) is -1.92. The Morgan fingerprint density at radius 1 is 1.25 bits per heavy atom. The molecule has 0 spiro atoms. The number of benzene rings is 1. The highest BCUT2D eigenvalue weighted by molar-refractivity contribution is 5.46. The number of nitrogens with two attached hydrogens (primary N) is 1. The third kappa shape index (κ3) is 1.53. The summed E-state index contributed by atoms with van der Waals surface area (Å²) in [5.41, 5.74) is 5.97. The van der Waals surface area contributed by atoms with Gasteiger partial charge in [0, 0.05) is 17.5 Å². The van der Waals surface area contributed by atoms with Gasteiger partial charge in [-0.25, -0.2) is 0 Å². The lowest BCUT2D eigenvalue weighted by atomic mass is 9.78. The molecule has 1 fully saturated rings. The maximum atomic E-state index is 13.4. The van der Waals surface area contributed by atoms with E-state index in [2.05, 4.69) is 0 Å². The van der Waals surface area contributed by atoms with Crippen LogP contribution in [0.4, 0.5) is 4.39 Å². The van der Waals surface area contributed by atoms with Crippen LogP contribution in [0.1, 0.15) is 31.2 Å². The number of hydrogen-bond acceptors (Lipinski definition) is 3. The van der Waals surface area contributed by atoms with Crippen LogP contribution in [0, 0.1) is 5.82 Å². The summed E-state index contributed by atoms with van der Waals surface area (Å²) < 4.78 is 13.4. The highest BCUT2D eigenvalue weighted by Gasteiger charge is 2.37. The molecule has 16 heavy (non-hydrogen) atoms. The number of hydrogen-bond donors (Lipinski definition) is 3. The largest absolute Gasteiger partial charge is 0.505 e. The third-order valence-corrected chi connectivity index (χ3v) is 3.62. The lowest BCUT2D eigenvalue weighted by Gasteiger charge is -2.28. The van der Waals surface area contributed by atoms with E-state index < -0.39 is 17.3 Å². The summed E-state index contributed by atoms with van der Waals surface area (Å²) in [4.78, 5) is 0. The monoisotopic (exact) mass is 225 g/mol. The summed E-state index contributed by atoms with van der Waals surface area (Å²) in [6, 6.07) is 2.85. The van der Waals surface area contributed by atoms with Crippen LogP contribution >= 0.6 is 0 Å². The van der Waals surface area contributed by atoms with E-state index in [1.54, 1.807) is 6.07 Å². The van der Waals surface area contributed by atoms with E-state index in [0.717, 1.165) is 25.7 Å². The Balaban J connectivity index is 2.51. The predicted octanol–water partition coefficient (Wildman–Crippen LogP) is 2.01. The van der Waals surface area contributed by atoms with Crippen LogP contribution < -0.4 is 5.73 Å². The quantitative estimate of drug-likeness (QED) is 0.721. The van der Waals surface area contributed by atoms with Gasteiger partial charge in [-0.3, -0.25) is 0 Å². The molecule has 0 heterocycles. The van der Waals surface area contributed by atoms with Gasteiger partial charge in [-0.2, -0.15) is 4.39 Å². The van der Waals surface area contributed by atoms with Gasteiger partial charge >= 0.3 is 0 Å². The Kier molecular flexibility index (Phi) is 2.76. The first-order chi connectivity index (χ1) is 7.60. The molecule has 88 valence electrons. The molecule has 2 rings (SSSR count). The highest BCUT2D eigenvalue weighted by atomic mass is 19.1. The molecule has 0 amide bonds. The van der Waals surface area contributed by atoms with E-state index in [0.29, 0.717) is 12.1 Å². The molecule has 0 unspecified atom stereocenters. The van der Waals surface area contributed by atoms with Crippen molar-refractivity contribution in [3.05, 3.63) is 23.5 Å². The number of phenols is 2. The van der Waals surface area contributed by atoms with E-state index in [1.165, 1.54) is 6.07 Å². The van der Waals surface area contributed by atoms with E-state index in [9.17, 15) is 9.50 Å². The zero-order valence-electron chi connectivity index (χ0n) is 9.04. The van der Waals surface area contributed by atoms with Crippen molar-refractivity contribution < 1.29 is 14.6 Å². The van der Waals surface area contributed by atoms with Gasteiger partial charge in [0.15, 0.2) is 11.5 Å². The third-order valence-electron chi connectivity index (χ3n) is 3.62. The zero-order valence-corrected chi connectivity index (χ0v) is 9.04. The van der Waals surface area contributed by atoms with Crippen LogP contribution in [-0.2, 0) is 5.41 Å². The Morgan fingerprint density at radius 2 is 1.88 bits per heavy atom. The van der Waals surface area contributed by atoms with Crippen LogP contribution in [0.2, 0.25) is 0 Å². The van der Waals surface area contributed by atoms with Crippen molar-refractivity contribution in [1.82, 2.24) is 0 Å². The summed E-state index contributed by atoms with van der Waals surface area (Å²) in [6.45, 7) is 0.394. The average Bonchev–Trinajstić information content (AvgIpc) is 2.76. The molecule has 1 aliphatic rings. The van der Waals surface area contributed by atoms with Crippen LogP contribution in [0.25, 0.3) is 0 Å². The molecule has 1 aliphatic carbocycles. The van der Waals surface area contributed by atoms with Crippen molar-refractivity contribution >= 4 is 0 Å². The van der Waals surface area contributed by atoms with E-state index in [-0.39, 0.29) is 5.41 Å². The van der Waals surface area contributed by atoms with Crippen molar-refractivity contribution in [2.75, 3.05) is 6.54 Å². The molecule has 4 N–H and O–H groups in total. The molecule has 0 aliphatic heterocycles. The number of phenolic OH excluding ortho intramolecular Hbond substituents is 2. The Hall–Kier alpha value is -1.29. The predicted molar refractivity (Wildman–Crippen MR) is 58.9 cm³/mol. The SMILES string of the molecule is NCC1(c2ccc(O)c(F)c2O)CCCC1. The molecule has 0 bridgehead atoms. The molecule has 3 nitrogen and oxygen atoms in total.